The third-order valence-corrected chi connectivity index (χ3v) is 6.49. The monoisotopic (exact) mass is 403 g/mol. The van der Waals surface area contributed by atoms with E-state index in [0.717, 1.165) is 32.2 Å². The summed E-state index contributed by atoms with van der Waals surface area (Å²) in [4.78, 5) is 12.4. The number of carbonyl (C=O) groups is 1. The molecule has 2 saturated heterocycles. The predicted octanol–water partition coefficient (Wildman–Crippen LogP) is 1.98. The van der Waals surface area contributed by atoms with Crippen LogP contribution in [0, 0.1) is 0 Å². The average molecular weight is 404 g/mol. The molecule has 2 aliphatic heterocycles. The van der Waals surface area contributed by atoms with Gasteiger partial charge in [-0.25, -0.2) is 8.42 Å². The fourth-order valence-electron chi connectivity index (χ4n) is 3.27. The van der Waals surface area contributed by atoms with E-state index in [1.807, 2.05) is 6.92 Å². The summed E-state index contributed by atoms with van der Waals surface area (Å²) in [7, 11) is -3.63. The Kier molecular flexibility index (Phi) is 7.28. The Morgan fingerprint density at radius 1 is 1.31 bits per heavy atom. The number of sulfonamides is 1. The Balaban J connectivity index is 0.00000243. The first-order valence-corrected chi connectivity index (χ1v) is 10.3. The molecule has 146 valence electrons. The number of nitrogens with zero attached hydrogens (tertiary/aromatic N) is 1. The Labute approximate surface area is 160 Å². The quantitative estimate of drug-likeness (QED) is 0.758. The standard InChI is InChI=1S/C17H25N3O4S.ClH/c1-2-24-15-8-7-13(19-17(21)14-6-5-9-18-14)12-16(15)25(22,23)20-10-3-4-11-20;/h7-8,12,14,18H,2-6,9-11H2,1H3,(H,19,21);1H. The highest BCUT2D eigenvalue weighted by atomic mass is 35.5. The molecule has 0 aliphatic carbocycles. The van der Waals surface area contributed by atoms with Gasteiger partial charge in [-0.1, -0.05) is 0 Å². The van der Waals surface area contributed by atoms with Crippen molar-refractivity contribution in [3.8, 4) is 5.75 Å². The molecule has 3 rings (SSSR count). The van der Waals surface area contributed by atoms with Crippen molar-refractivity contribution in [3.63, 3.8) is 0 Å². The van der Waals surface area contributed by atoms with Gasteiger partial charge in [0.2, 0.25) is 15.9 Å². The van der Waals surface area contributed by atoms with Gasteiger partial charge in [0.25, 0.3) is 0 Å². The zero-order valence-corrected chi connectivity index (χ0v) is 16.5. The molecule has 1 unspecified atom stereocenters. The smallest absolute Gasteiger partial charge is 0.246 e. The molecule has 7 nitrogen and oxygen atoms in total. The maximum Gasteiger partial charge on any atom is 0.246 e. The fourth-order valence-corrected chi connectivity index (χ4v) is 4.94. The highest BCUT2D eigenvalue weighted by Gasteiger charge is 2.31. The van der Waals surface area contributed by atoms with Crippen molar-refractivity contribution in [3.05, 3.63) is 18.2 Å². The van der Waals surface area contributed by atoms with Crippen LogP contribution in [-0.4, -0.2) is 50.9 Å². The predicted molar refractivity (Wildman–Crippen MR) is 103 cm³/mol. The fraction of sp³-hybridized carbons (Fsp3) is 0.588. The van der Waals surface area contributed by atoms with E-state index in [9.17, 15) is 13.2 Å². The lowest BCUT2D eigenvalue weighted by Crippen LogP contribution is -2.35. The number of ether oxygens (including phenoxy) is 1. The van der Waals surface area contributed by atoms with E-state index in [1.54, 1.807) is 12.1 Å². The number of amides is 1. The van der Waals surface area contributed by atoms with Gasteiger partial charge in [0.1, 0.15) is 10.6 Å². The normalized spacial score (nSPS) is 20.6. The minimum absolute atomic E-state index is 0. The highest BCUT2D eigenvalue weighted by molar-refractivity contribution is 7.89. The molecule has 2 fully saturated rings. The summed E-state index contributed by atoms with van der Waals surface area (Å²) < 4.78 is 32.9. The van der Waals surface area contributed by atoms with E-state index in [4.69, 9.17) is 4.74 Å². The van der Waals surface area contributed by atoms with Crippen LogP contribution in [0.1, 0.15) is 32.6 Å². The SMILES string of the molecule is CCOc1ccc(NC(=O)C2CCCN2)cc1S(=O)(=O)N1CCCC1.Cl. The number of halogens is 1. The molecule has 26 heavy (non-hydrogen) atoms. The van der Waals surface area contributed by atoms with E-state index >= 15 is 0 Å². The van der Waals surface area contributed by atoms with Crippen LogP contribution < -0.4 is 15.4 Å². The average Bonchev–Trinajstić information content (AvgIpc) is 3.30. The lowest BCUT2D eigenvalue weighted by Gasteiger charge is -2.19. The number of carbonyl (C=O) groups excluding carboxylic acids is 1. The number of anilines is 1. The number of hydrogen-bond donors (Lipinski definition) is 2. The van der Waals surface area contributed by atoms with Gasteiger partial charge in [0, 0.05) is 18.8 Å². The van der Waals surface area contributed by atoms with Gasteiger partial charge in [0.15, 0.2) is 0 Å². The summed E-state index contributed by atoms with van der Waals surface area (Å²) in [6.45, 7) is 4.07. The van der Waals surface area contributed by atoms with Crippen LogP contribution in [0.4, 0.5) is 5.69 Å². The lowest BCUT2D eigenvalue weighted by atomic mass is 10.2. The largest absolute Gasteiger partial charge is 0.492 e. The van der Waals surface area contributed by atoms with Gasteiger partial charge in [-0.2, -0.15) is 4.31 Å². The topological polar surface area (TPSA) is 87.7 Å². The maximum atomic E-state index is 12.9. The second kappa shape index (κ2) is 9.03. The summed E-state index contributed by atoms with van der Waals surface area (Å²) in [5.41, 5.74) is 0.472. The molecule has 1 aromatic rings. The second-order valence-corrected chi connectivity index (χ2v) is 8.25. The van der Waals surface area contributed by atoms with Gasteiger partial charge in [-0.15, -0.1) is 12.4 Å². The zero-order valence-electron chi connectivity index (χ0n) is 14.9. The molecule has 1 aromatic carbocycles. The van der Waals surface area contributed by atoms with Crippen molar-refractivity contribution in [1.29, 1.82) is 0 Å². The van der Waals surface area contributed by atoms with Crippen molar-refractivity contribution in [2.75, 3.05) is 31.6 Å². The van der Waals surface area contributed by atoms with Crippen LogP contribution in [0.3, 0.4) is 0 Å². The van der Waals surface area contributed by atoms with Crippen LogP contribution in [0.25, 0.3) is 0 Å². The molecule has 0 bridgehead atoms. The Morgan fingerprint density at radius 2 is 2.04 bits per heavy atom. The molecule has 1 atom stereocenters. The van der Waals surface area contributed by atoms with Crippen molar-refractivity contribution >= 4 is 34.0 Å². The first-order chi connectivity index (χ1) is 12.0. The van der Waals surface area contributed by atoms with Crippen molar-refractivity contribution in [1.82, 2.24) is 9.62 Å². The van der Waals surface area contributed by atoms with E-state index < -0.39 is 10.0 Å². The van der Waals surface area contributed by atoms with Gasteiger partial charge < -0.3 is 15.4 Å². The van der Waals surface area contributed by atoms with Gasteiger partial charge >= 0.3 is 0 Å². The molecule has 0 spiro atoms. The van der Waals surface area contributed by atoms with Crippen molar-refractivity contribution in [2.24, 2.45) is 0 Å². The molecule has 0 radical (unpaired) electrons. The molecule has 9 heteroatoms. The van der Waals surface area contributed by atoms with Crippen LogP contribution in [-0.2, 0) is 14.8 Å². The minimum Gasteiger partial charge on any atom is -0.492 e. The first kappa shape index (κ1) is 21.0. The molecule has 2 aliphatic rings. The van der Waals surface area contributed by atoms with E-state index in [1.165, 1.54) is 10.4 Å². The number of nitrogens with one attached hydrogen (secondary N) is 2. The summed E-state index contributed by atoms with van der Waals surface area (Å²) in [6.07, 6.45) is 3.50. The van der Waals surface area contributed by atoms with Gasteiger partial charge in [-0.3, -0.25) is 4.79 Å². The minimum atomic E-state index is -3.63. The molecule has 1 amide bonds. The van der Waals surface area contributed by atoms with Crippen molar-refractivity contribution < 1.29 is 17.9 Å². The summed E-state index contributed by atoms with van der Waals surface area (Å²) in [6, 6.07) is 4.58. The Morgan fingerprint density at radius 3 is 2.65 bits per heavy atom. The lowest BCUT2D eigenvalue weighted by molar-refractivity contribution is -0.117. The molecule has 2 heterocycles. The second-order valence-electron chi connectivity index (χ2n) is 6.34. The number of hydrogen-bond acceptors (Lipinski definition) is 5. The third-order valence-electron chi connectivity index (χ3n) is 4.57. The molecule has 0 aromatic heterocycles. The Bertz CT molecular complexity index is 730. The van der Waals surface area contributed by atoms with Crippen LogP contribution in [0.2, 0.25) is 0 Å². The molecular formula is C17H26ClN3O4S. The van der Waals surface area contributed by atoms with Gasteiger partial charge in [0.05, 0.1) is 12.6 Å². The number of benzene rings is 1. The number of rotatable bonds is 6. The van der Waals surface area contributed by atoms with Crippen LogP contribution >= 0.6 is 12.4 Å². The van der Waals surface area contributed by atoms with E-state index in [-0.39, 0.29) is 29.3 Å². The Hall–Kier alpha value is -1.35. The summed E-state index contributed by atoms with van der Waals surface area (Å²) >= 11 is 0. The van der Waals surface area contributed by atoms with Crippen LogP contribution in [0.15, 0.2) is 23.1 Å². The van der Waals surface area contributed by atoms with Crippen LogP contribution in [0.5, 0.6) is 5.75 Å². The maximum absolute atomic E-state index is 12.9. The highest BCUT2D eigenvalue weighted by Crippen LogP contribution is 2.31. The molecule has 0 saturated carbocycles. The summed E-state index contributed by atoms with van der Waals surface area (Å²) in [5, 5.41) is 5.95. The van der Waals surface area contributed by atoms with Crippen molar-refractivity contribution in [2.45, 2.75) is 43.5 Å². The van der Waals surface area contributed by atoms with E-state index in [0.29, 0.717) is 31.1 Å². The third kappa shape index (κ3) is 4.49. The molecule has 2 N–H and O–H groups in total. The summed E-state index contributed by atoms with van der Waals surface area (Å²) in [5.74, 6) is 0.192. The zero-order chi connectivity index (χ0) is 17.9. The first-order valence-electron chi connectivity index (χ1n) is 8.83. The van der Waals surface area contributed by atoms with E-state index in [2.05, 4.69) is 10.6 Å². The molecular weight excluding hydrogens is 378 g/mol. The van der Waals surface area contributed by atoms with Gasteiger partial charge in [-0.05, 0) is 57.4 Å².